The van der Waals surface area contributed by atoms with Gasteiger partial charge in [-0.3, -0.25) is 4.79 Å². The minimum atomic E-state index is 0.0279. The number of fused-ring (bicyclic) bond motifs is 2. The van der Waals surface area contributed by atoms with Gasteiger partial charge in [0.15, 0.2) is 0 Å². The van der Waals surface area contributed by atoms with Crippen LogP contribution in [-0.2, 0) is 10.5 Å². The molecule has 124 valence electrons. The van der Waals surface area contributed by atoms with Crippen LogP contribution >= 0.6 is 11.8 Å². The van der Waals surface area contributed by atoms with Crippen molar-refractivity contribution < 1.29 is 4.79 Å². The van der Waals surface area contributed by atoms with E-state index in [9.17, 15) is 4.79 Å². The topological polar surface area (TPSA) is 44.9 Å². The molecule has 0 atom stereocenters. The van der Waals surface area contributed by atoms with E-state index in [0.717, 1.165) is 22.3 Å². The lowest BCUT2D eigenvalue weighted by atomic mass is 10.1. The molecule has 0 aliphatic carbocycles. The minimum absolute atomic E-state index is 0.0279. The summed E-state index contributed by atoms with van der Waals surface area (Å²) in [4.78, 5) is 15.5. The lowest BCUT2D eigenvalue weighted by Crippen LogP contribution is -2.14. The van der Waals surface area contributed by atoms with E-state index in [-0.39, 0.29) is 5.91 Å². The summed E-state index contributed by atoms with van der Waals surface area (Å²) in [6.07, 6.45) is 2.03. The number of thioether (sulfide) groups is 1. The number of carbonyl (C=O) groups is 1. The summed E-state index contributed by atoms with van der Waals surface area (Å²) in [6.45, 7) is 0. The summed E-state index contributed by atoms with van der Waals surface area (Å²) < 4.78 is 0. The molecule has 25 heavy (non-hydrogen) atoms. The van der Waals surface area contributed by atoms with E-state index in [2.05, 4.69) is 34.6 Å². The summed E-state index contributed by atoms with van der Waals surface area (Å²) in [5.74, 6) is 1.28. The quantitative estimate of drug-likeness (QED) is 0.522. The van der Waals surface area contributed by atoms with Crippen molar-refractivity contribution in [3.63, 3.8) is 0 Å². The van der Waals surface area contributed by atoms with E-state index < -0.39 is 0 Å². The third kappa shape index (κ3) is 3.54. The fourth-order valence-corrected chi connectivity index (χ4v) is 3.79. The first kappa shape index (κ1) is 15.8. The van der Waals surface area contributed by atoms with Gasteiger partial charge in [0, 0.05) is 28.5 Å². The number of rotatable bonds is 5. The Hall–Kier alpha value is -2.72. The molecule has 4 rings (SSSR count). The molecule has 0 aliphatic heterocycles. The highest BCUT2D eigenvalue weighted by atomic mass is 32.2. The van der Waals surface area contributed by atoms with Crippen LogP contribution in [0.4, 0.5) is 5.69 Å². The highest BCUT2D eigenvalue weighted by molar-refractivity contribution is 7.99. The maximum absolute atomic E-state index is 12.2. The van der Waals surface area contributed by atoms with Gasteiger partial charge < -0.3 is 10.3 Å². The number of carbonyl (C=O) groups excluding carboxylic acids is 1. The van der Waals surface area contributed by atoms with E-state index in [1.54, 1.807) is 11.8 Å². The molecule has 1 amide bonds. The molecule has 3 aromatic carbocycles. The predicted octanol–water partition coefficient (Wildman–Crippen LogP) is 5.19. The Bertz CT molecular complexity index is 1040. The van der Waals surface area contributed by atoms with Crippen LogP contribution in [0.25, 0.3) is 21.7 Å². The number of para-hydroxylation sites is 1. The molecule has 4 aromatic rings. The standard InChI is InChI=1S/C21H18N2OS/c24-21(23-18-10-9-15-5-1-2-6-16(15)11-18)14-25-13-17-12-22-20-8-4-3-7-19(17)20/h1-12,22H,13-14H2,(H,23,24). The van der Waals surface area contributed by atoms with Gasteiger partial charge in [-0.05, 0) is 34.5 Å². The maximum Gasteiger partial charge on any atom is 0.234 e. The SMILES string of the molecule is O=C(CSCc1c[nH]c2ccccc12)Nc1ccc2ccccc2c1. The number of aromatic amines is 1. The third-order valence-electron chi connectivity index (χ3n) is 4.20. The van der Waals surface area contributed by atoms with Crippen LogP contribution in [0.1, 0.15) is 5.56 Å². The van der Waals surface area contributed by atoms with Crippen LogP contribution in [0.3, 0.4) is 0 Å². The van der Waals surface area contributed by atoms with Gasteiger partial charge in [-0.1, -0.05) is 48.5 Å². The first-order chi connectivity index (χ1) is 12.3. The molecule has 0 aliphatic rings. The highest BCUT2D eigenvalue weighted by Gasteiger charge is 2.06. The molecule has 0 saturated carbocycles. The molecule has 3 nitrogen and oxygen atoms in total. The molecule has 0 saturated heterocycles. The van der Waals surface area contributed by atoms with Crippen molar-refractivity contribution in [2.75, 3.05) is 11.1 Å². The normalized spacial score (nSPS) is 11.0. The molecule has 1 heterocycles. The molecule has 0 spiro atoms. The average molecular weight is 346 g/mol. The Labute approximate surface area is 150 Å². The number of amides is 1. The molecular weight excluding hydrogens is 328 g/mol. The van der Waals surface area contributed by atoms with E-state index >= 15 is 0 Å². The van der Waals surface area contributed by atoms with Gasteiger partial charge in [-0.2, -0.15) is 0 Å². The molecule has 0 unspecified atom stereocenters. The first-order valence-electron chi connectivity index (χ1n) is 8.21. The Morgan fingerprint density at radius 1 is 0.960 bits per heavy atom. The third-order valence-corrected chi connectivity index (χ3v) is 5.18. The second kappa shape index (κ2) is 7.03. The monoisotopic (exact) mass is 346 g/mol. The zero-order chi connectivity index (χ0) is 17.1. The number of nitrogens with one attached hydrogen (secondary N) is 2. The first-order valence-corrected chi connectivity index (χ1v) is 9.36. The average Bonchev–Trinajstić information content (AvgIpc) is 3.05. The molecule has 0 fully saturated rings. The van der Waals surface area contributed by atoms with Crippen LogP contribution in [0.15, 0.2) is 72.9 Å². The molecule has 4 heteroatoms. The highest BCUT2D eigenvalue weighted by Crippen LogP contribution is 2.23. The van der Waals surface area contributed by atoms with Crippen molar-refractivity contribution in [2.45, 2.75) is 5.75 Å². The second-order valence-electron chi connectivity index (χ2n) is 5.96. The fourth-order valence-electron chi connectivity index (χ4n) is 2.97. The zero-order valence-corrected chi connectivity index (χ0v) is 14.5. The van der Waals surface area contributed by atoms with E-state index in [0.29, 0.717) is 5.75 Å². The Kier molecular flexibility index (Phi) is 4.44. The van der Waals surface area contributed by atoms with Crippen LogP contribution < -0.4 is 5.32 Å². The molecule has 2 N–H and O–H groups in total. The Balaban J connectivity index is 1.35. The Morgan fingerprint density at radius 3 is 2.68 bits per heavy atom. The van der Waals surface area contributed by atoms with Crippen LogP contribution in [0.5, 0.6) is 0 Å². The van der Waals surface area contributed by atoms with Gasteiger partial charge in [0.05, 0.1) is 5.75 Å². The number of anilines is 1. The van der Waals surface area contributed by atoms with E-state index in [1.807, 2.05) is 48.7 Å². The molecule has 0 radical (unpaired) electrons. The zero-order valence-electron chi connectivity index (χ0n) is 13.7. The smallest absolute Gasteiger partial charge is 0.234 e. The lowest BCUT2D eigenvalue weighted by molar-refractivity contribution is -0.113. The summed E-state index contributed by atoms with van der Waals surface area (Å²) >= 11 is 1.62. The van der Waals surface area contributed by atoms with Crippen molar-refractivity contribution in [2.24, 2.45) is 0 Å². The van der Waals surface area contributed by atoms with Crippen LogP contribution in [-0.4, -0.2) is 16.6 Å². The summed E-state index contributed by atoms with van der Waals surface area (Å²) in [6, 6.07) is 22.4. The molecule has 1 aromatic heterocycles. The van der Waals surface area contributed by atoms with E-state index in [4.69, 9.17) is 0 Å². The maximum atomic E-state index is 12.2. The fraction of sp³-hybridized carbons (Fsp3) is 0.0952. The molecule has 0 bridgehead atoms. The summed E-state index contributed by atoms with van der Waals surface area (Å²) in [5, 5.41) is 6.52. The van der Waals surface area contributed by atoms with Crippen molar-refractivity contribution in [3.05, 3.63) is 78.5 Å². The van der Waals surface area contributed by atoms with Crippen LogP contribution in [0, 0.1) is 0 Å². The van der Waals surface area contributed by atoms with Gasteiger partial charge >= 0.3 is 0 Å². The minimum Gasteiger partial charge on any atom is -0.361 e. The number of benzene rings is 3. The number of hydrogen-bond donors (Lipinski definition) is 2. The number of hydrogen-bond acceptors (Lipinski definition) is 2. The van der Waals surface area contributed by atoms with Crippen LogP contribution in [0.2, 0.25) is 0 Å². The van der Waals surface area contributed by atoms with Gasteiger partial charge in [0.1, 0.15) is 0 Å². The van der Waals surface area contributed by atoms with Crippen molar-refractivity contribution in [1.82, 2.24) is 4.98 Å². The van der Waals surface area contributed by atoms with Gasteiger partial charge in [-0.15, -0.1) is 11.8 Å². The molecular formula is C21H18N2OS. The summed E-state index contributed by atoms with van der Waals surface area (Å²) in [5.41, 5.74) is 3.22. The van der Waals surface area contributed by atoms with E-state index in [1.165, 1.54) is 16.3 Å². The van der Waals surface area contributed by atoms with Gasteiger partial charge in [0.25, 0.3) is 0 Å². The lowest BCUT2D eigenvalue weighted by Gasteiger charge is -2.06. The van der Waals surface area contributed by atoms with Crippen molar-refractivity contribution in [3.8, 4) is 0 Å². The largest absolute Gasteiger partial charge is 0.361 e. The second-order valence-corrected chi connectivity index (χ2v) is 6.95. The number of H-pyrrole nitrogens is 1. The predicted molar refractivity (Wildman–Crippen MR) is 107 cm³/mol. The summed E-state index contributed by atoms with van der Waals surface area (Å²) in [7, 11) is 0. The Morgan fingerprint density at radius 2 is 1.76 bits per heavy atom. The van der Waals surface area contributed by atoms with Crippen molar-refractivity contribution in [1.29, 1.82) is 0 Å². The van der Waals surface area contributed by atoms with Gasteiger partial charge in [0.2, 0.25) is 5.91 Å². The van der Waals surface area contributed by atoms with Crippen molar-refractivity contribution >= 4 is 45.0 Å². The van der Waals surface area contributed by atoms with Gasteiger partial charge in [-0.25, -0.2) is 0 Å². The number of aromatic nitrogens is 1.